The van der Waals surface area contributed by atoms with Crippen LogP contribution in [0.15, 0.2) is 18.3 Å². The third-order valence-corrected chi connectivity index (χ3v) is 6.15. The Morgan fingerprint density at radius 3 is 2.79 bits per heavy atom. The molecular formula is C21H29N5O2. The van der Waals surface area contributed by atoms with Gasteiger partial charge in [0.25, 0.3) is 0 Å². The minimum absolute atomic E-state index is 0.120. The first-order valence-electron chi connectivity index (χ1n) is 10.5. The second-order valence-electron chi connectivity index (χ2n) is 8.06. The lowest BCUT2D eigenvalue weighted by Gasteiger charge is -2.20. The van der Waals surface area contributed by atoms with Crippen molar-refractivity contribution < 1.29 is 9.59 Å². The Labute approximate surface area is 165 Å². The van der Waals surface area contributed by atoms with Crippen molar-refractivity contribution in [1.82, 2.24) is 25.0 Å². The zero-order chi connectivity index (χ0) is 19.5. The van der Waals surface area contributed by atoms with Gasteiger partial charge in [-0.05, 0) is 31.4 Å². The van der Waals surface area contributed by atoms with Crippen molar-refractivity contribution in [1.29, 1.82) is 0 Å². The summed E-state index contributed by atoms with van der Waals surface area (Å²) < 4.78 is 1.91. The highest BCUT2D eigenvalue weighted by molar-refractivity contribution is 5.80. The Hall–Kier alpha value is -2.44. The van der Waals surface area contributed by atoms with Crippen LogP contribution in [-0.2, 0) is 16.1 Å². The minimum atomic E-state index is 0.120. The van der Waals surface area contributed by atoms with Crippen molar-refractivity contribution in [2.24, 2.45) is 5.92 Å². The van der Waals surface area contributed by atoms with Gasteiger partial charge in [-0.3, -0.25) is 9.59 Å². The maximum Gasteiger partial charge on any atom is 0.223 e. The second-order valence-corrected chi connectivity index (χ2v) is 8.06. The molecule has 1 saturated carbocycles. The number of hydrogen-bond acceptors (Lipinski definition) is 4. The number of carbonyl (C=O) groups excluding carboxylic acids is 2. The van der Waals surface area contributed by atoms with E-state index in [1.54, 1.807) is 13.1 Å². The molecule has 2 aromatic heterocycles. The second kappa shape index (κ2) is 8.29. The molecule has 7 nitrogen and oxygen atoms in total. The molecule has 28 heavy (non-hydrogen) atoms. The van der Waals surface area contributed by atoms with Crippen LogP contribution in [0.25, 0.3) is 11.0 Å². The normalized spacial score (nSPS) is 20.6. The molecule has 3 heterocycles. The van der Waals surface area contributed by atoms with Crippen LogP contribution in [0, 0.1) is 5.92 Å². The summed E-state index contributed by atoms with van der Waals surface area (Å²) in [5.41, 5.74) is 1.87. The molecular weight excluding hydrogens is 354 g/mol. The Bertz CT molecular complexity index is 856. The number of aromatic nitrogens is 3. The van der Waals surface area contributed by atoms with E-state index in [2.05, 4.69) is 16.4 Å². The van der Waals surface area contributed by atoms with Gasteiger partial charge in [-0.15, -0.1) is 0 Å². The average Bonchev–Trinajstić information content (AvgIpc) is 3.34. The van der Waals surface area contributed by atoms with Crippen LogP contribution in [0.2, 0.25) is 0 Å². The van der Waals surface area contributed by atoms with Crippen LogP contribution in [0.5, 0.6) is 0 Å². The fraction of sp³-hybridized carbons (Fsp3) is 0.619. The molecule has 4 rings (SSSR count). The summed E-state index contributed by atoms with van der Waals surface area (Å²) in [5.74, 6) is 0.716. The zero-order valence-electron chi connectivity index (χ0n) is 16.6. The zero-order valence-corrected chi connectivity index (χ0v) is 16.6. The molecule has 0 radical (unpaired) electrons. The molecule has 2 aliphatic rings. The number of carbonyl (C=O) groups is 2. The number of fused-ring (bicyclic) bond motifs is 1. The lowest BCUT2D eigenvalue weighted by molar-refractivity contribution is -0.128. The fourth-order valence-corrected chi connectivity index (χ4v) is 4.55. The van der Waals surface area contributed by atoms with Gasteiger partial charge in [0, 0.05) is 50.0 Å². The number of hydrogen-bond donors (Lipinski definition) is 1. The first-order valence-corrected chi connectivity index (χ1v) is 10.5. The van der Waals surface area contributed by atoms with E-state index < -0.39 is 0 Å². The summed E-state index contributed by atoms with van der Waals surface area (Å²) in [6, 6.07) is 3.98. The van der Waals surface area contributed by atoms with E-state index in [0.29, 0.717) is 13.1 Å². The van der Waals surface area contributed by atoms with E-state index in [-0.39, 0.29) is 23.7 Å². The van der Waals surface area contributed by atoms with Gasteiger partial charge in [0.15, 0.2) is 5.65 Å². The first-order chi connectivity index (χ1) is 13.6. The van der Waals surface area contributed by atoms with Gasteiger partial charge in [0.2, 0.25) is 11.8 Å². The third-order valence-electron chi connectivity index (χ3n) is 6.15. The van der Waals surface area contributed by atoms with Crippen molar-refractivity contribution in [3.05, 3.63) is 24.0 Å². The molecule has 0 unspecified atom stereocenters. The summed E-state index contributed by atoms with van der Waals surface area (Å²) in [6.45, 7) is 4.29. The fourth-order valence-electron chi connectivity index (χ4n) is 4.55. The Balaban J connectivity index is 1.44. The van der Waals surface area contributed by atoms with E-state index >= 15 is 0 Å². The van der Waals surface area contributed by atoms with Crippen LogP contribution in [0.3, 0.4) is 0 Å². The van der Waals surface area contributed by atoms with Gasteiger partial charge in [0.1, 0.15) is 0 Å². The molecule has 0 spiro atoms. The van der Waals surface area contributed by atoms with Gasteiger partial charge >= 0.3 is 0 Å². The topological polar surface area (TPSA) is 80.1 Å². The molecule has 1 atom stereocenters. The Morgan fingerprint density at radius 2 is 2.04 bits per heavy atom. The van der Waals surface area contributed by atoms with E-state index in [4.69, 9.17) is 5.10 Å². The van der Waals surface area contributed by atoms with Crippen LogP contribution < -0.4 is 5.32 Å². The van der Waals surface area contributed by atoms with Gasteiger partial charge in [-0.25, -0.2) is 9.67 Å². The Morgan fingerprint density at radius 1 is 1.21 bits per heavy atom. The SMILES string of the molecule is CC(=O)N1CC[C@@H](c2nn(CCNC(=O)C3CCCCC3)c3ncccc23)C1. The lowest BCUT2D eigenvalue weighted by Crippen LogP contribution is -2.34. The van der Waals surface area contributed by atoms with Gasteiger partial charge in [0.05, 0.1) is 12.2 Å². The largest absolute Gasteiger partial charge is 0.354 e. The van der Waals surface area contributed by atoms with Crippen molar-refractivity contribution >= 4 is 22.8 Å². The number of pyridine rings is 1. The van der Waals surface area contributed by atoms with Crippen molar-refractivity contribution in [2.45, 2.75) is 57.9 Å². The van der Waals surface area contributed by atoms with Crippen molar-refractivity contribution in [3.63, 3.8) is 0 Å². The minimum Gasteiger partial charge on any atom is -0.354 e. The van der Waals surface area contributed by atoms with E-state index in [1.165, 1.54) is 6.42 Å². The summed E-state index contributed by atoms with van der Waals surface area (Å²) in [7, 11) is 0. The molecule has 2 aromatic rings. The van der Waals surface area contributed by atoms with E-state index in [0.717, 1.165) is 61.9 Å². The first kappa shape index (κ1) is 18.9. The van der Waals surface area contributed by atoms with Crippen molar-refractivity contribution in [3.8, 4) is 0 Å². The molecule has 7 heteroatoms. The molecule has 2 fully saturated rings. The highest BCUT2D eigenvalue weighted by Gasteiger charge is 2.29. The smallest absolute Gasteiger partial charge is 0.223 e. The maximum absolute atomic E-state index is 12.4. The lowest BCUT2D eigenvalue weighted by atomic mass is 9.89. The Kier molecular flexibility index (Phi) is 5.59. The third kappa shape index (κ3) is 3.88. The van der Waals surface area contributed by atoms with Crippen LogP contribution in [0.4, 0.5) is 0 Å². The van der Waals surface area contributed by atoms with Gasteiger partial charge in [-0.2, -0.15) is 5.10 Å². The van der Waals surface area contributed by atoms with Crippen LogP contribution in [-0.4, -0.2) is 51.1 Å². The van der Waals surface area contributed by atoms with Gasteiger partial charge < -0.3 is 10.2 Å². The highest BCUT2D eigenvalue weighted by atomic mass is 16.2. The standard InChI is InChI=1S/C21H29N5O2/c1-15(27)25-12-9-17(14-25)19-18-8-5-10-22-20(18)26(24-19)13-11-23-21(28)16-6-3-2-4-7-16/h5,8,10,16-17H,2-4,6-7,9,11-14H2,1H3,(H,23,28)/t17-/m1/s1. The van der Waals surface area contributed by atoms with E-state index in [9.17, 15) is 9.59 Å². The number of nitrogens with zero attached hydrogens (tertiary/aromatic N) is 4. The molecule has 1 aliphatic carbocycles. The highest BCUT2D eigenvalue weighted by Crippen LogP contribution is 2.31. The molecule has 1 saturated heterocycles. The molecule has 1 N–H and O–H groups in total. The van der Waals surface area contributed by atoms with E-state index in [1.807, 2.05) is 15.6 Å². The number of likely N-dealkylation sites (tertiary alicyclic amines) is 1. The number of amides is 2. The average molecular weight is 383 g/mol. The van der Waals surface area contributed by atoms with Gasteiger partial charge in [-0.1, -0.05) is 19.3 Å². The molecule has 2 amide bonds. The number of nitrogens with one attached hydrogen (secondary N) is 1. The molecule has 1 aliphatic heterocycles. The van der Waals surface area contributed by atoms with Crippen LogP contribution in [0.1, 0.15) is 57.1 Å². The summed E-state index contributed by atoms with van der Waals surface area (Å²) in [6.07, 6.45) is 8.30. The quantitative estimate of drug-likeness (QED) is 0.860. The number of rotatable bonds is 5. The monoisotopic (exact) mass is 383 g/mol. The summed E-state index contributed by atoms with van der Waals surface area (Å²) in [4.78, 5) is 30.5. The van der Waals surface area contributed by atoms with Crippen LogP contribution >= 0.6 is 0 Å². The summed E-state index contributed by atoms with van der Waals surface area (Å²) >= 11 is 0. The van der Waals surface area contributed by atoms with Crippen molar-refractivity contribution in [2.75, 3.05) is 19.6 Å². The molecule has 0 bridgehead atoms. The maximum atomic E-state index is 12.4. The predicted molar refractivity (Wildman–Crippen MR) is 107 cm³/mol. The molecule has 150 valence electrons. The molecule has 0 aromatic carbocycles. The summed E-state index contributed by atoms with van der Waals surface area (Å²) in [5, 5.41) is 8.98. The predicted octanol–water partition coefficient (Wildman–Crippen LogP) is 2.46.